The lowest BCUT2D eigenvalue weighted by Crippen LogP contribution is -2.19. The number of primary amides is 1. The number of benzene rings is 1. The van der Waals surface area contributed by atoms with Gasteiger partial charge in [-0.05, 0) is 37.1 Å². The number of carbonyl (C=O) groups excluding carboxylic acids is 2. The summed E-state index contributed by atoms with van der Waals surface area (Å²) in [7, 11) is 0. The van der Waals surface area contributed by atoms with E-state index in [1.807, 2.05) is 22.8 Å². The van der Waals surface area contributed by atoms with Gasteiger partial charge in [0.25, 0.3) is 11.8 Å². The van der Waals surface area contributed by atoms with Crippen LogP contribution in [-0.2, 0) is 0 Å². The van der Waals surface area contributed by atoms with Crippen LogP contribution >= 0.6 is 0 Å². The van der Waals surface area contributed by atoms with Crippen LogP contribution in [0.4, 0.5) is 5.82 Å². The Labute approximate surface area is 116 Å². The van der Waals surface area contributed by atoms with Crippen LogP contribution in [0.2, 0.25) is 0 Å². The van der Waals surface area contributed by atoms with Crippen LogP contribution in [-0.4, -0.2) is 16.4 Å². The Morgan fingerprint density at radius 2 is 1.80 bits per heavy atom. The van der Waals surface area contributed by atoms with Gasteiger partial charge in [0.05, 0.1) is 0 Å². The Morgan fingerprint density at radius 3 is 2.40 bits per heavy atom. The fourth-order valence-corrected chi connectivity index (χ4v) is 2.26. The van der Waals surface area contributed by atoms with Crippen LogP contribution in [0.15, 0.2) is 42.5 Å². The second-order valence-electron chi connectivity index (χ2n) is 4.89. The topological polar surface area (TPSA) is 77.1 Å². The highest BCUT2D eigenvalue weighted by Gasteiger charge is 2.29. The molecule has 0 saturated heterocycles. The average molecular weight is 269 g/mol. The van der Waals surface area contributed by atoms with E-state index < -0.39 is 5.91 Å². The van der Waals surface area contributed by atoms with Gasteiger partial charge >= 0.3 is 0 Å². The zero-order chi connectivity index (χ0) is 14.1. The van der Waals surface area contributed by atoms with Crippen molar-refractivity contribution in [3.63, 3.8) is 0 Å². The minimum absolute atomic E-state index is 0.193. The number of nitrogens with two attached hydrogens (primary N) is 1. The molecule has 0 bridgehead atoms. The van der Waals surface area contributed by atoms with Crippen LogP contribution in [0.5, 0.6) is 0 Å². The number of nitrogens with zero attached hydrogens (tertiary/aromatic N) is 1. The van der Waals surface area contributed by atoms with Crippen LogP contribution in [0.3, 0.4) is 0 Å². The number of anilines is 1. The van der Waals surface area contributed by atoms with E-state index in [4.69, 9.17) is 5.73 Å². The second-order valence-corrected chi connectivity index (χ2v) is 4.89. The van der Waals surface area contributed by atoms with Crippen molar-refractivity contribution < 1.29 is 9.59 Å². The van der Waals surface area contributed by atoms with Crippen molar-refractivity contribution in [2.75, 3.05) is 5.32 Å². The van der Waals surface area contributed by atoms with E-state index in [1.54, 1.807) is 24.3 Å². The summed E-state index contributed by atoms with van der Waals surface area (Å²) in [5.41, 5.74) is 6.38. The van der Waals surface area contributed by atoms with Gasteiger partial charge < -0.3 is 15.6 Å². The van der Waals surface area contributed by atoms with Gasteiger partial charge in [0.15, 0.2) is 0 Å². The molecule has 0 atom stereocenters. The number of aromatic nitrogens is 1. The van der Waals surface area contributed by atoms with Crippen LogP contribution < -0.4 is 11.1 Å². The highest BCUT2D eigenvalue weighted by atomic mass is 16.2. The van der Waals surface area contributed by atoms with Gasteiger partial charge in [-0.25, -0.2) is 0 Å². The molecule has 1 saturated carbocycles. The number of nitrogens with one attached hydrogen (secondary N) is 1. The van der Waals surface area contributed by atoms with Gasteiger partial charge in [-0.1, -0.05) is 18.2 Å². The number of amides is 2. The second kappa shape index (κ2) is 4.85. The first kappa shape index (κ1) is 12.5. The molecule has 2 amide bonds. The van der Waals surface area contributed by atoms with E-state index in [0.29, 0.717) is 17.1 Å². The molecule has 5 nitrogen and oxygen atoms in total. The molecule has 3 N–H and O–H groups in total. The summed E-state index contributed by atoms with van der Waals surface area (Å²) in [5, 5.41) is 2.84. The molecule has 1 fully saturated rings. The highest BCUT2D eigenvalue weighted by Crippen LogP contribution is 2.39. The van der Waals surface area contributed by atoms with Crippen molar-refractivity contribution in [2.24, 2.45) is 5.73 Å². The zero-order valence-corrected chi connectivity index (χ0v) is 10.9. The van der Waals surface area contributed by atoms with E-state index in [-0.39, 0.29) is 11.9 Å². The van der Waals surface area contributed by atoms with Crippen LogP contribution in [0, 0.1) is 0 Å². The summed E-state index contributed by atoms with van der Waals surface area (Å²) in [6.07, 6.45) is 2.01. The molecule has 1 aliphatic carbocycles. The predicted molar refractivity (Wildman–Crippen MR) is 75.6 cm³/mol. The Morgan fingerprint density at radius 1 is 1.10 bits per heavy atom. The molecular formula is C15H15N3O2. The normalized spacial score (nSPS) is 14.0. The number of hydrogen-bond donors (Lipinski definition) is 2. The molecule has 1 aromatic heterocycles. The van der Waals surface area contributed by atoms with Crippen molar-refractivity contribution in [3.05, 3.63) is 53.7 Å². The first-order chi connectivity index (χ1) is 9.66. The first-order valence-electron chi connectivity index (χ1n) is 6.54. The Kier molecular flexibility index (Phi) is 3.02. The molecule has 3 rings (SSSR count). The lowest BCUT2D eigenvalue weighted by atomic mass is 10.2. The summed E-state index contributed by atoms with van der Waals surface area (Å²) in [4.78, 5) is 23.6. The van der Waals surface area contributed by atoms with Gasteiger partial charge in [-0.15, -0.1) is 0 Å². The summed E-state index contributed by atoms with van der Waals surface area (Å²) < 4.78 is 1.82. The molecule has 20 heavy (non-hydrogen) atoms. The van der Waals surface area contributed by atoms with E-state index >= 15 is 0 Å². The molecule has 1 aliphatic rings. The minimum Gasteiger partial charge on any atom is -0.364 e. The van der Waals surface area contributed by atoms with Crippen molar-refractivity contribution in [1.29, 1.82) is 0 Å². The van der Waals surface area contributed by atoms with Gasteiger partial charge in [-0.2, -0.15) is 0 Å². The minimum atomic E-state index is -0.475. The van der Waals surface area contributed by atoms with Crippen LogP contribution in [0.1, 0.15) is 39.7 Å². The molecule has 1 heterocycles. The third-order valence-electron chi connectivity index (χ3n) is 3.36. The zero-order valence-electron chi connectivity index (χ0n) is 10.9. The molecule has 1 aromatic carbocycles. The molecule has 0 aliphatic heterocycles. The average Bonchev–Trinajstić information content (AvgIpc) is 3.20. The Bertz CT molecular complexity index is 657. The standard InChI is InChI=1S/C15H15N3O2/c16-14(19)12-8-9-13(18(12)11-6-7-11)17-15(20)10-4-2-1-3-5-10/h1-5,8-9,11H,6-7H2,(H2,16,19)(H,17,20). The largest absolute Gasteiger partial charge is 0.364 e. The summed E-state index contributed by atoms with van der Waals surface area (Å²) >= 11 is 0. The van der Waals surface area contributed by atoms with E-state index in [0.717, 1.165) is 12.8 Å². The third kappa shape index (κ3) is 2.30. The number of hydrogen-bond acceptors (Lipinski definition) is 2. The highest BCUT2D eigenvalue weighted by molar-refractivity contribution is 6.04. The molecule has 0 unspecified atom stereocenters. The van der Waals surface area contributed by atoms with Crippen molar-refractivity contribution in [2.45, 2.75) is 18.9 Å². The Hall–Kier alpha value is -2.56. The van der Waals surface area contributed by atoms with Gasteiger partial charge in [-0.3, -0.25) is 9.59 Å². The maximum absolute atomic E-state index is 12.1. The summed E-state index contributed by atoms with van der Waals surface area (Å²) in [6.45, 7) is 0. The smallest absolute Gasteiger partial charge is 0.265 e. The van der Waals surface area contributed by atoms with Crippen molar-refractivity contribution in [1.82, 2.24) is 4.57 Å². The summed E-state index contributed by atoms with van der Waals surface area (Å²) in [6, 6.07) is 12.6. The monoisotopic (exact) mass is 269 g/mol. The third-order valence-corrected chi connectivity index (χ3v) is 3.36. The molecule has 5 heteroatoms. The fraction of sp³-hybridized carbons (Fsp3) is 0.200. The van der Waals surface area contributed by atoms with Gasteiger partial charge in [0.2, 0.25) is 0 Å². The lowest BCUT2D eigenvalue weighted by Gasteiger charge is -2.11. The number of rotatable bonds is 4. The van der Waals surface area contributed by atoms with Gasteiger partial charge in [0.1, 0.15) is 11.5 Å². The molecule has 0 spiro atoms. The number of carbonyl (C=O) groups is 2. The Balaban J connectivity index is 1.88. The molecule has 102 valence electrons. The molecular weight excluding hydrogens is 254 g/mol. The lowest BCUT2D eigenvalue weighted by molar-refractivity contribution is 0.0987. The van der Waals surface area contributed by atoms with Gasteiger partial charge in [0, 0.05) is 11.6 Å². The molecule has 2 aromatic rings. The first-order valence-corrected chi connectivity index (χ1v) is 6.54. The summed E-state index contributed by atoms with van der Waals surface area (Å²) in [5.74, 6) is -0.0473. The predicted octanol–water partition coefficient (Wildman–Crippen LogP) is 2.17. The van der Waals surface area contributed by atoms with E-state index in [9.17, 15) is 9.59 Å². The van der Waals surface area contributed by atoms with E-state index in [1.165, 1.54) is 0 Å². The maximum atomic E-state index is 12.1. The van der Waals surface area contributed by atoms with Crippen molar-refractivity contribution in [3.8, 4) is 0 Å². The van der Waals surface area contributed by atoms with E-state index in [2.05, 4.69) is 5.32 Å². The fourth-order valence-electron chi connectivity index (χ4n) is 2.26. The van der Waals surface area contributed by atoms with Crippen LogP contribution in [0.25, 0.3) is 0 Å². The maximum Gasteiger partial charge on any atom is 0.265 e. The quantitative estimate of drug-likeness (QED) is 0.892. The molecule has 0 radical (unpaired) electrons. The SMILES string of the molecule is NC(=O)c1ccc(NC(=O)c2ccccc2)n1C1CC1. The van der Waals surface area contributed by atoms with Crippen molar-refractivity contribution >= 4 is 17.6 Å².